The SMILES string of the molecule is Cc1nc(CN2CC3(CCN(C(=O)C4CC(F)(F)C4)CC3)CC2=O)cs1. The molecule has 0 atom stereocenters. The van der Waals surface area contributed by atoms with Crippen LogP contribution in [0, 0.1) is 18.3 Å². The summed E-state index contributed by atoms with van der Waals surface area (Å²) >= 11 is 1.58. The number of nitrogens with zero attached hydrogens (tertiary/aromatic N) is 3. The molecule has 2 amide bonds. The molecular weight excluding hydrogens is 360 g/mol. The molecule has 3 aliphatic rings. The zero-order chi connectivity index (χ0) is 18.5. The summed E-state index contributed by atoms with van der Waals surface area (Å²) in [4.78, 5) is 32.8. The van der Waals surface area contributed by atoms with Gasteiger partial charge < -0.3 is 9.80 Å². The Labute approximate surface area is 155 Å². The average molecular weight is 383 g/mol. The van der Waals surface area contributed by atoms with E-state index in [0.717, 1.165) is 23.5 Å². The molecule has 8 heteroatoms. The number of hydrogen-bond acceptors (Lipinski definition) is 4. The summed E-state index contributed by atoms with van der Waals surface area (Å²) in [6.07, 6.45) is 1.42. The maximum Gasteiger partial charge on any atom is 0.249 e. The van der Waals surface area contributed by atoms with Crippen LogP contribution < -0.4 is 0 Å². The first kappa shape index (κ1) is 17.8. The first-order valence-electron chi connectivity index (χ1n) is 9.11. The first-order valence-corrected chi connectivity index (χ1v) is 9.99. The third kappa shape index (κ3) is 3.35. The number of piperidine rings is 1. The average Bonchev–Trinajstić information content (AvgIpc) is 3.09. The molecule has 1 spiro atoms. The van der Waals surface area contributed by atoms with Crippen molar-refractivity contribution in [2.24, 2.45) is 11.3 Å². The second-order valence-electron chi connectivity index (χ2n) is 8.07. The molecule has 4 rings (SSSR count). The van der Waals surface area contributed by atoms with Crippen LogP contribution in [0.4, 0.5) is 8.78 Å². The number of alkyl halides is 2. The van der Waals surface area contributed by atoms with Gasteiger partial charge >= 0.3 is 0 Å². The van der Waals surface area contributed by atoms with Crippen LogP contribution in [-0.2, 0) is 16.1 Å². The van der Waals surface area contributed by atoms with E-state index in [4.69, 9.17) is 0 Å². The van der Waals surface area contributed by atoms with Crippen molar-refractivity contribution in [3.8, 4) is 0 Å². The van der Waals surface area contributed by atoms with E-state index in [-0.39, 0.29) is 30.1 Å². The molecule has 2 saturated heterocycles. The summed E-state index contributed by atoms with van der Waals surface area (Å²) in [6.45, 7) is 4.33. The van der Waals surface area contributed by atoms with Gasteiger partial charge in [-0.3, -0.25) is 9.59 Å². The predicted octanol–water partition coefficient (Wildman–Crippen LogP) is 2.84. The van der Waals surface area contributed by atoms with E-state index < -0.39 is 11.8 Å². The van der Waals surface area contributed by atoms with Gasteiger partial charge in [-0.05, 0) is 19.8 Å². The predicted molar refractivity (Wildman–Crippen MR) is 92.8 cm³/mol. The molecule has 0 radical (unpaired) electrons. The lowest BCUT2D eigenvalue weighted by atomic mass is 9.76. The number of thiazole rings is 1. The molecule has 26 heavy (non-hydrogen) atoms. The number of rotatable bonds is 3. The quantitative estimate of drug-likeness (QED) is 0.807. The Morgan fingerprint density at radius 2 is 2.04 bits per heavy atom. The van der Waals surface area contributed by atoms with Gasteiger partial charge in [0.25, 0.3) is 0 Å². The second kappa shape index (κ2) is 6.25. The van der Waals surface area contributed by atoms with Gasteiger partial charge in [0.05, 0.1) is 17.2 Å². The minimum atomic E-state index is -2.66. The summed E-state index contributed by atoms with van der Waals surface area (Å²) in [5.41, 5.74) is 0.846. The van der Waals surface area contributed by atoms with Crippen molar-refractivity contribution in [1.82, 2.24) is 14.8 Å². The Morgan fingerprint density at radius 3 is 2.62 bits per heavy atom. The Hall–Kier alpha value is -1.57. The van der Waals surface area contributed by atoms with E-state index in [9.17, 15) is 18.4 Å². The molecule has 0 N–H and O–H groups in total. The number of amides is 2. The van der Waals surface area contributed by atoms with Crippen LogP contribution in [0.1, 0.15) is 42.8 Å². The Bertz CT molecular complexity index is 720. The summed E-state index contributed by atoms with van der Waals surface area (Å²) < 4.78 is 26.0. The van der Waals surface area contributed by atoms with E-state index in [1.165, 1.54) is 0 Å². The third-order valence-corrected chi connectivity index (χ3v) is 6.82. The Kier molecular flexibility index (Phi) is 4.28. The van der Waals surface area contributed by atoms with Crippen molar-refractivity contribution in [3.63, 3.8) is 0 Å². The fourth-order valence-electron chi connectivity index (χ4n) is 4.43. The number of hydrogen-bond donors (Lipinski definition) is 0. The van der Waals surface area contributed by atoms with E-state index in [1.807, 2.05) is 17.2 Å². The number of aryl methyl sites for hydroxylation is 1. The van der Waals surface area contributed by atoms with E-state index in [0.29, 0.717) is 32.6 Å². The molecule has 1 aliphatic carbocycles. The van der Waals surface area contributed by atoms with Gasteiger partial charge in [0, 0.05) is 55.6 Å². The first-order chi connectivity index (χ1) is 12.3. The molecule has 0 bridgehead atoms. The highest BCUT2D eigenvalue weighted by Crippen LogP contribution is 2.45. The fourth-order valence-corrected chi connectivity index (χ4v) is 5.04. The van der Waals surface area contributed by atoms with E-state index in [2.05, 4.69) is 4.98 Å². The summed E-state index contributed by atoms with van der Waals surface area (Å²) in [5, 5.41) is 2.98. The maximum absolute atomic E-state index is 13.0. The second-order valence-corrected chi connectivity index (χ2v) is 9.13. The van der Waals surface area contributed by atoms with Crippen LogP contribution in [-0.4, -0.2) is 52.2 Å². The molecule has 3 heterocycles. The van der Waals surface area contributed by atoms with Crippen LogP contribution in [0.3, 0.4) is 0 Å². The standard InChI is InChI=1S/C18H23F2N3O2S/c1-12-21-14(10-26-12)9-23-11-17(8-15(23)24)2-4-22(5-3-17)16(25)13-6-18(19,20)7-13/h10,13H,2-9,11H2,1H3. The van der Waals surface area contributed by atoms with Gasteiger partial charge in [0.15, 0.2) is 0 Å². The zero-order valence-corrected chi connectivity index (χ0v) is 15.7. The normalized spacial score (nSPS) is 25.0. The molecule has 2 aliphatic heterocycles. The molecule has 142 valence electrons. The molecule has 5 nitrogen and oxygen atoms in total. The molecule has 1 saturated carbocycles. The minimum Gasteiger partial charge on any atom is -0.342 e. The van der Waals surface area contributed by atoms with Gasteiger partial charge in [0.1, 0.15) is 0 Å². The van der Waals surface area contributed by atoms with Gasteiger partial charge in [-0.2, -0.15) is 0 Å². The van der Waals surface area contributed by atoms with Crippen molar-refractivity contribution < 1.29 is 18.4 Å². The third-order valence-electron chi connectivity index (χ3n) is 6.00. The lowest BCUT2D eigenvalue weighted by Gasteiger charge is -2.42. The number of carbonyl (C=O) groups is 2. The minimum absolute atomic E-state index is 0.0809. The molecule has 3 fully saturated rings. The molecular formula is C18H23F2N3O2S. The number of carbonyl (C=O) groups excluding carboxylic acids is 2. The fraction of sp³-hybridized carbons (Fsp3) is 0.722. The lowest BCUT2D eigenvalue weighted by molar-refractivity contribution is -0.161. The van der Waals surface area contributed by atoms with Crippen LogP contribution >= 0.6 is 11.3 Å². The topological polar surface area (TPSA) is 53.5 Å². The monoisotopic (exact) mass is 383 g/mol. The van der Waals surface area contributed by atoms with Crippen molar-refractivity contribution >= 4 is 23.2 Å². The summed E-state index contributed by atoms with van der Waals surface area (Å²) in [6, 6.07) is 0. The largest absolute Gasteiger partial charge is 0.342 e. The smallest absolute Gasteiger partial charge is 0.249 e. The van der Waals surface area contributed by atoms with E-state index >= 15 is 0 Å². The molecule has 0 unspecified atom stereocenters. The van der Waals surface area contributed by atoms with Gasteiger partial charge in [-0.1, -0.05) is 0 Å². The van der Waals surface area contributed by atoms with Gasteiger partial charge in [-0.25, -0.2) is 13.8 Å². The number of likely N-dealkylation sites (tertiary alicyclic amines) is 2. The Balaban J connectivity index is 1.32. The van der Waals surface area contributed by atoms with Crippen LogP contribution in [0.15, 0.2) is 5.38 Å². The number of halogens is 2. The van der Waals surface area contributed by atoms with E-state index in [1.54, 1.807) is 16.2 Å². The lowest BCUT2D eigenvalue weighted by Crippen LogP contribution is -2.50. The van der Waals surface area contributed by atoms with Crippen molar-refractivity contribution in [3.05, 3.63) is 16.1 Å². The van der Waals surface area contributed by atoms with Gasteiger partial charge in [0.2, 0.25) is 17.7 Å². The van der Waals surface area contributed by atoms with Crippen molar-refractivity contribution in [1.29, 1.82) is 0 Å². The van der Waals surface area contributed by atoms with Gasteiger partial charge in [-0.15, -0.1) is 11.3 Å². The molecule has 1 aromatic rings. The summed E-state index contributed by atoms with van der Waals surface area (Å²) in [7, 11) is 0. The molecule has 1 aromatic heterocycles. The van der Waals surface area contributed by atoms with Crippen molar-refractivity contribution in [2.75, 3.05) is 19.6 Å². The highest BCUT2D eigenvalue weighted by molar-refractivity contribution is 7.09. The van der Waals surface area contributed by atoms with Crippen LogP contribution in [0.2, 0.25) is 0 Å². The highest BCUT2D eigenvalue weighted by Gasteiger charge is 2.51. The maximum atomic E-state index is 13.0. The van der Waals surface area contributed by atoms with Crippen LogP contribution in [0.5, 0.6) is 0 Å². The van der Waals surface area contributed by atoms with Crippen molar-refractivity contribution in [2.45, 2.75) is 51.5 Å². The molecule has 0 aromatic carbocycles. The Morgan fingerprint density at radius 1 is 1.35 bits per heavy atom. The highest BCUT2D eigenvalue weighted by atomic mass is 32.1. The summed E-state index contributed by atoms with van der Waals surface area (Å²) in [5.74, 6) is -3.17. The zero-order valence-electron chi connectivity index (χ0n) is 14.8. The number of aromatic nitrogens is 1. The van der Waals surface area contributed by atoms with Crippen LogP contribution in [0.25, 0.3) is 0 Å².